The molecule has 2 aromatic carbocycles. The van der Waals surface area contributed by atoms with Crippen molar-refractivity contribution in [3.63, 3.8) is 0 Å². The average Bonchev–Trinajstić information content (AvgIpc) is 2.99. The lowest BCUT2D eigenvalue weighted by atomic mass is 9.85. The van der Waals surface area contributed by atoms with E-state index in [1.54, 1.807) is 24.3 Å². The van der Waals surface area contributed by atoms with Gasteiger partial charge in [-0.25, -0.2) is 0 Å². The Kier molecular flexibility index (Phi) is 5.61. The first-order valence-corrected chi connectivity index (χ1v) is 9.54. The highest BCUT2D eigenvalue weighted by Gasteiger charge is 2.30. The summed E-state index contributed by atoms with van der Waals surface area (Å²) in [4.78, 5) is 23.5. The fourth-order valence-corrected chi connectivity index (χ4v) is 3.57. The summed E-state index contributed by atoms with van der Waals surface area (Å²) in [5.41, 5.74) is 1.40. The van der Waals surface area contributed by atoms with Gasteiger partial charge in [-0.1, -0.05) is 55.2 Å². The summed E-state index contributed by atoms with van der Waals surface area (Å²) in [5, 5.41) is 5.21. The molecule has 0 amide bonds. The van der Waals surface area contributed by atoms with E-state index in [0.717, 1.165) is 0 Å². The fourth-order valence-electron chi connectivity index (χ4n) is 3.00. The van der Waals surface area contributed by atoms with Crippen LogP contribution in [0.5, 0.6) is 11.5 Å². The molecule has 0 aliphatic heterocycles. The predicted molar refractivity (Wildman–Crippen MR) is 111 cm³/mol. The van der Waals surface area contributed by atoms with Crippen LogP contribution in [-0.4, -0.2) is 17.1 Å². The van der Waals surface area contributed by atoms with Gasteiger partial charge in [0, 0.05) is 25.0 Å². The number of rotatable bonds is 3. The molecule has 1 heterocycles. The molecule has 0 N–H and O–H groups in total. The van der Waals surface area contributed by atoms with Gasteiger partial charge in [0.2, 0.25) is 0 Å². The molecule has 29 heavy (non-hydrogen) atoms. The predicted octanol–water partition coefficient (Wildman–Crippen LogP) is 5.95. The minimum Gasteiger partial charge on any atom is -0.423 e. The summed E-state index contributed by atoms with van der Waals surface area (Å²) in [6.07, 6.45) is 0. The van der Waals surface area contributed by atoms with Crippen LogP contribution in [-0.2, 0) is 15.0 Å². The molecular weight excluding hydrogens is 417 g/mol. The Labute approximate surface area is 177 Å². The quantitative estimate of drug-likeness (QED) is 0.373. The summed E-state index contributed by atoms with van der Waals surface area (Å²) in [5.74, 6) is -1.06. The van der Waals surface area contributed by atoms with Gasteiger partial charge in [-0.05, 0) is 23.6 Å². The number of benzene rings is 2. The monoisotopic (exact) mass is 435 g/mol. The number of hydrogen-bond donors (Lipinski definition) is 0. The van der Waals surface area contributed by atoms with Crippen LogP contribution in [0.4, 0.5) is 0 Å². The molecule has 0 radical (unpaired) electrons. The van der Waals surface area contributed by atoms with Gasteiger partial charge < -0.3 is 14.0 Å². The van der Waals surface area contributed by atoms with Gasteiger partial charge in [0.1, 0.15) is 5.69 Å². The number of hydrogen-bond acceptors (Lipinski definition) is 6. The maximum atomic E-state index is 11.8. The maximum Gasteiger partial charge on any atom is 0.308 e. The van der Waals surface area contributed by atoms with Gasteiger partial charge in [-0.2, -0.15) is 0 Å². The Hall–Kier alpha value is -2.57. The highest BCUT2D eigenvalue weighted by Crippen LogP contribution is 2.48. The largest absolute Gasteiger partial charge is 0.423 e. The zero-order valence-electron chi connectivity index (χ0n) is 16.6. The van der Waals surface area contributed by atoms with Crippen LogP contribution in [0.2, 0.25) is 10.0 Å². The summed E-state index contributed by atoms with van der Waals surface area (Å²) in [6.45, 7) is 8.41. The molecule has 152 valence electrons. The minimum absolute atomic E-state index is 0.0166. The van der Waals surface area contributed by atoms with Crippen molar-refractivity contribution in [1.82, 2.24) is 5.16 Å². The number of halogens is 2. The number of ether oxygens (including phenoxy) is 2. The van der Waals surface area contributed by atoms with Crippen molar-refractivity contribution >= 4 is 46.1 Å². The molecule has 0 bridgehead atoms. The highest BCUT2D eigenvalue weighted by molar-refractivity contribution is 6.39. The van der Waals surface area contributed by atoms with E-state index < -0.39 is 17.4 Å². The number of aromatic nitrogens is 1. The first-order chi connectivity index (χ1) is 13.5. The molecule has 3 rings (SSSR count). The molecule has 0 fully saturated rings. The Morgan fingerprint density at radius 3 is 2.14 bits per heavy atom. The molecule has 0 spiro atoms. The SMILES string of the molecule is CC(=O)Oc1cc(C(C)(C)C)c2onc(-c3c(Cl)cccc3Cl)c2c1OC(C)=O. The van der Waals surface area contributed by atoms with Gasteiger partial charge in [-0.3, -0.25) is 9.59 Å². The Bertz CT molecular complexity index is 1110. The highest BCUT2D eigenvalue weighted by atomic mass is 35.5. The summed E-state index contributed by atoms with van der Waals surface area (Å²) in [7, 11) is 0. The molecule has 0 saturated heterocycles. The van der Waals surface area contributed by atoms with Crippen molar-refractivity contribution in [2.24, 2.45) is 0 Å². The van der Waals surface area contributed by atoms with Crippen LogP contribution in [0, 0.1) is 0 Å². The molecule has 8 heteroatoms. The van der Waals surface area contributed by atoms with Gasteiger partial charge in [0.05, 0.1) is 15.4 Å². The smallest absolute Gasteiger partial charge is 0.308 e. The summed E-state index contributed by atoms with van der Waals surface area (Å²) >= 11 is 12.7. The molecular formula is C21H19Cl2NO5. The van der Waals surface area contributed by atoms with E-state index >= 15 is 0 Å². The third-order valence-electron chi connectivity index (χ3n) is 4.17. The van der Waals surface area contributed by atoms with Gasteiger partial charge in [0.15, 0.2) is 17.1 Å². The van der Waals surface area contributed by atoms with E-state index in [9.17, 15) is 9.59 Å². The Morgan fingerprint density at radius 1 is 1.03 bits per heavy atom. The lowest BCUT2D eigenvalue weighted by molar-refractivity contribution is -0.134. The van der Waals surface area contributed by atoms with E-state index in [1.807, 2.05) is 20.8 Å². The first-order valence-electron chi connectivity index (χ1n) is 8.78. The molecule has 0 unspecified atom stereocenters. The van der Waals surface area contributed by atoms with Gasteiger partial charge in [-0.15, -0.1) is 0 Å². The first kappa shape index (κ1) is 21.1. The average molecular weight is 436 g/mol. The van der Waals surface area contributed by atoms with Crippen LogP contribution >= 0.6 is 23.2 Å². The number of fused-ring (bicyclic) bond motifs is 1. The topological polar surface area (TPSA) is 78.6 Å². The Balaban J connectivity index is 2.50. The molecule has 1 aromatic heterocycles. The third kappa shape index (κ3) is 4.09. The van der Waals surface area contributed by atoms with Crippen molar-refractivity contribution in [3.05, 3.63) is 39.9 Å². The van der Waals surface area contributed by atoms with Crippen LogP contribution in [0.25, 0.3) is 22.2 Å². The lowest BCUT2D eigenvalue weighted by Gasteiger charge is -2.21. The molecule has 6 nitrogen and oxygen atoms in total. The second kappa shape index (κ2) is 7.69. The normalized spacial score (nSPS) is 11.6. The van der Waals surface area contributed by atoms with E-state index in [-0.39, 0.29) is 17.2 Å². The zero-order chi connectivity index (χ0) is 21.5. The Morgan fingerprint density at radius 2 is 1.62 bits per heavy atom. The number of esters is 2. The number of carbonyl (C=O) groups excluding carboxylic acids is 2. The third-order valence-corrected chi connectivity index (χ3v) is 4.80. The minimum atomic E-state index is -0.597. The second-order valence-corrected chi connectivity index (χ2v) is 8.34. The maximum absolute atomic E-state index is 11.8. The standard InChI is InChI=1S/C21H19Cl2NO5/c1-10(25)27-15-9-12(21(3,4)5)19-17(20(15)28-11(2)26)18(24-29-19)16-13(22)7-6-8-14(16)23/h6-9H,1-5H3. The lowest BCUT2D eigenvalue weighted by Crippen LogP contribution is -2.14. The van der Waals surface area contributed by atoms with Crippen molar-refractivity contribution in [3.8, 4) is 22.8 Å². The van der Waals surface area contributed by atoms with E-state index in [1.165, 1.54) is 13.8 Å². The molecule has 0 atom stereocenters. The fraction of sp³-hybridized carbons (Fsp3) is 0.286. The van der Waals surface area contributed by atoms with Gasteiger partial charge >= 0.3 is 11.9 Å². The molecule has 0 saturated carbocycles. The molecule has 0 aliphatic carbocycles. The van der Waals surface area contributed by atoms with E-state index in [4.69, 9.17) is 37.2 Å². The van der Waals surface area contributed by atoms with Crippen molar-refractivity contribution < 1.29 is 23.6 Å². The number of carbonyl (C=O) groups is 2. The zero-order valence-corrected chi connectivity index (χ0v) is 18.1. The van der Waals surface area contributed by atoms with Gasteiger partial charge in [0.25, 0.3) is 0 Å². The van der Waals surface area contributed by atoms with Crippen LogP contribution in [0.15, 0.2) is 28.8 Å². The molecule has 3 aromatic rings. The summed E-state index contributed by atoms with van der Waals surface area (Å²) < 4.78 is 16.4. The van der Waals surface area contributed by atoms with Crippen molar-refractivity contribution in [2.45, 2.75) is 40.0 Å². The van der Waals surface area contributed by atoms with Crippen molar-refractivity contribution in [2.75, 3.05) is 0 Å². The van der Waals surface area contributed by atoms with E-state index in [2.05, 4.69) is 5.16 Å². The van der Waals surface area contributed by atoms with Crippen LogP contribution in [0.1, 0.15) is 40.2 Å². The van der Waals surface area contributed by atoms with Crippen LogP contribution in [0.3, 0.4) is 0 Å². The van der Waals surface area contributed by atoms with Crippen molar-refractivity contribution in [1.29, 1.82) is 0 Å². The molecule has 0 aliphatic rings. The number of nitrogens with zero attached hydrogens (tertiary/aromatic N) is 1. The second-order valence-electron chi connectivity index (χ2n) is 7.52. The van der Waals surface area contributed by atoms with Crippen LogP contribution < -0.4 is 9.47 Å². The van der Waals surface area contributed by atoms with E-state index in [0.29, 0.717) is 32.1 Å². The summed E-state index contributed by atoms with van der Waals surface area (Å²) in [6, 6.07) is 6.64.